The predicted octanol–water partition coefficient (Wildman–Crippen LogP) is 2.36. The topological polar surface area (TPSA) is 167 Å². The minimum atomic E-state index is -4.25. The number of nitrogens with zero attached hydrogens (tertiary/aromatic N) is 2. The van der Waals surface area contributed by atoms with Crippen LogP contribution < -0.4 is 19.9 Å². The predicted molar refractivity (Wildman–Crippen MR) is 177 cm³/mol. The second kappa shape index (κ2) is 15.6. The summed E-state index contributed by atoms with van der Waals surface area (Å²) >= 11 is 0. The zero-order valence-electron chi connectivity index (χ0n) is 28.6. The molecule has 14 heteroatoms. The summed E-state index contributed by atoms with van der Waals surface area (Å²) in [4.78, 5) is 26.1. The van der Waals surface area contributed by atoms with Crippen LogP contribution in [0.5, 0.6) is 11.5 Å². The Hall–Kier alpha value is -3.43. The van der Waals surface area contributed by atoms with Gasteiger partial charge in [-0.3, -0.25) is 4.79 Å². The third kappa shape index (κ3) is 8.84. The minimum absolute atomic E-state index is 0.00736. The Kier molecular flexibility index (Phi) is 11.8. The molecule has 0 radical (unpaired) electrons. The zero-order chi connectivity index (χ0) is 35.3. The van der Waals surface area contributed by atoms with Crippen molar-refractivity contribution >= 4 is 22.0 Å². The standard InChI is InChI=1S/C35H49N3O10S/c1-23(2)32(40)36-15-8-14-35(3,4)21-37(49(43,44)25-11-12-30-31(18-25)48-22-47-30)19-29(39)27(17-24-9-6-5-7-10-24)38(34(41)42)28-20-46-33-26(28)13-16-45-33/h5-7,9-12,18,23,26-29,33,39H,8,13-17,19-22H2,1-4H3,(H,36,40)(H,41,42)/p-1/t26-,27-,28-,29+,33+/m0/s1. The van der Waals surface area contributed by atoms with Gasteiger partial charge >= 0.3 is 0 Å². The largest absolute Gasteiger partial charge is 0.530 e. The second-order valence-electron chi connectivity index (χ2n) is 14.1. The van der Waals surface area contributed by atoms with Crippen LogP contribution in [0.25, 0.3) is 0 Å². The van der Waals surface area contributed by atoms with E-state index in [0.717, 1.165) is 10.5 Å². The summed E-state index contributed by atoms with van der Waals surface area (Å²) in [6, 6.07) is 11.8. The Morgan fingerprint density at radius 1 is 1.08 bits per heavy atom. The zero-order valence-corrected chi connectivity index (χ0v) is 29.4. The molecule has 0 aliphatic carbocycles. The van der Waals surface area contributed by atoms with E-state index in [1.165, 1.54) is 22.5 Å². The van der Waals surface area contributed by atoms with E-state index >= 15 is 0 Å². The second-order valence-corrected chi connectivity index (χ2v) is 16.1. The van der Waals surface area contributed by atoms with Gasteiger partial charge in [0.1, 0.15) is 6.09 Å². The van der Waals surface area contributed by atoms with Crippen LogP contribution in [-0.2, 0) is 30.7 Å². The molecule has 49 heavy (non-hydrogen) atoms. The maximum absolute atomic E-state index is 14.4. The number of aliphatic hydroxyl groups excluding tert-OH is 1. The Morgan fingerprint density at radius 2 is 1.82 bits per heavy atom. The number of rotatable bonds is 16. The molecule has 13 nitrogen and oxygen atoms in total. The number of hydrogen-bond donors (Lipinski definition) is 2. The summed E-state index contributed by atoms with van der Waals surface area (Å²) in [6.45, 7) is 8.00. The van der Waals surface area contributed by atoms with Crippen molar-refractivity contribution in [3.63, 3.8) is 0 Å². The molecule has 3 aliphatic rings. The Labute approximate surface area is 288 Å². The van der Waals surface area contributed by atoms with E-state index in [1.807, 2.05) is 58.0 Å². The first-order chi connectivity index (χ1) is 23.3. The number of carbonyl (C=O) groups excluding carboxylic acids is 2. The summed E-state index contributed by atoms with van der Waals surface area (Å²) in [5.41, 5.74) is 0.174. The average Bonchev–Trinajstić information content (AvgIpc) is 3.81. The molecule has 2 N–H and O–H groups in total. The molecule has 270 valence electrons. The number of hydrogen-bond acceptors (Lipinski definition) is 10. The van der Waals surface area contributed by atoms with Gasteiger partial charge in [0, 0.05) is 37.5 Å². The fraction of sp³-hybridized carbons (Fsp3) is 0.600. The Bertz CT molecular complexity index is 1550. The molecule has 2 fully saturated rings. The van der Waals surface area contributed by atoms with Crippen LogP contribution in [0.3, 0.4) is 0 Å². The van der Waals surface area contributed by atoms with E-state index in [-0.39, 0.29) is 49.0 Å². The monoisotopic (exact) mass is 702 g/mol. The summed E-state index contributed by atoms with van der Waals surface area (Å²) in [7, 11) is -4.25. The molecule has 2 aromatic carbocycles. The van der Waals surface area contributed by atoms with Crippen molar-refractivity contribution in [2.24, 2.45) is 17.3 Å². The molecule has 0 saturated carbocycles. The lowest BCUT2D eigenvalue weighted by Crippen LogP contribution is -2.61. The van der Waals surface area contributed by atoms with E-state index in [9.17, 15) is 28.2 Å². The van der Waals surface area contributed by atoms with Crippen molar-refractivity contribution in [3.05, 3.63) is 54.1 Å². The molecule has 0 bridgehead atoms. The van der Waals surface area contributed by atoms with Crippen LogP contribution >= 0.6 is 0 Å². The lowest BCUT2D eigenvalue weighted by Gasteiger charge is -2.43. The number of fused-ring (bicyclic) bond motifs is 2. The maximum Gasteiger partial charge on any atom is 0.243 e. The van der Waals surface area contributed by atoms with Gasteiger partial charge in [-0.1, -0.05) is 58.0 Å². The molecular weight excluding hydrogens is 654 g/mol. The lowest BCUT2D eigenvalue weighted by atomic mass is 9.87. The van der Waals surface area contributed by atoms with Gasteiger partial charge in [0.2, 0.25) is 22.7 Å². The van der Waals surface area contributed by atoms with Crippen molar-refractivity contribution in [3.8, 4) is 11.5 Å². The average molecular weight is 703 g/mol. The first-order valence-corrected chi connectivity index (χ1v) is 18.3. The third-order valence-electron chi connectivity index (χ3n) is 9.50. The van der Waals surface area contributed by atoms with E-state index in [0.29, 0.717) is 43.9 Å². The molecular formula is C35H48N3O10S-. The van der Waals surface area contributed by atoms with Crippen LogP contribution in [-0.4, -0.2) is 98.8 Å². The van der Waals surface area contributed by atoms with Crippen molar-refractivity contribution in [1.29, 1.82) is 0 Å². The number of nitrogens with one attached hydrogen (secondary N) is 1. The normalized spacial score (nSPS) is 21.5. The van der Waals surface area contributed by atoms with E-state index < -0.39 is 52.6 Å². The molecule has 5 atom stereocenters. The number of aliphatic hydroxyl groups is 1. The van der Waals surface area contributed by atoms with E-state index in [2.05, 4.69) is 5.32 Å². The molecule has 0 aromatic heterocycles. The van der Waals surface area contributed by atoms with Crippen molar-refractivity contribution in [1.82, 2.24) is 14.5 Å². The van der Waals surface area contributed by atoms with Gasteiger partial charge in [-0.25, -0.2) is 8.42 Å². The number of amides is 2. The van der Waals surface area contributed by atoms with Crippen LogP contribution in [0, 0.1) is 17.3 Å². The van der Waals surface area contributed by atoms with Crippen LogP contribution in [0.2, 0.25) is 0 Å². The van der Waals surface area contributed by atoms with Gasteiger partial charge in [-0.2, -0.15) is 4.31 Å². The molecule has 3 heterocycles. The summed E-state index contributed by atoms with van der Waals surface area (Å²) in [5.74, 6) is 0.269. The molecule has 0 unspecified atom stereocenters. The maximum atomic E-state index is 14.4. The van der Waals surface area contributed by atoms with Crippen molar-refractivity contribution < 1.29 is 47.2 Å². The molecule has 2 aromatic rings. The van der Waals surface area contributed by atoms with Crippen LogP contribution in [0.1, 0.15) is 52.5 Å². The first kappa shape index (κ1) is 36.8. The van der Waals surface area contributed by atoms with Gasteiger partial charge in [0.05, 0.1) is 36.3 Å². The Morgan fingerprint density at radius 3 is 2.53 bits per heavy atom. The first-order valence-electron chi connectivity index (χ1n) is 16.9. The minimum Gasteiger partial charge on any atom is -0.530 e. The highest BCUT2D eigenvalue weighted by atomic mass is 32.2. The van der Waals surface area contributed by atoms with Gasteiger partial charge in [0.25, 0.3) is 0 Å². The number of sulfonamides is 1. The van der Waals surface area contributed by atoms with Crippen LogP contribution in [0.15, 0.2) is 53.4 Å². The fourth-order valence-electron chi connectivity index (χ4n) is 6.82. The van der Waals surface area contributed by atoms with Gasteiger partial charge in [0.15, 0.2) is 17.8 Å². The molecule has 0 spiro atoms. The highest BCUT2D eigenvalue weighted by molar-refractivity contribution is 7.89. The smallest absolute Gasteiger partial charge is 0.243 e. The molecule has 3 aliphatic heterocycles. The summed E-state index contributed by atoms with van der Waals surface area (Å²) < 4.78 is 52.3. The molecule has 5 rings (SSSR count). The van der Waals surface area contributed by atoms with Gasteiger partial charge < -0.3 is 44.2 Å². The van der Waals surface area contributed by atoms with Gasteiger partial charge in [-0.15, -0.1) is 0 Å². The SMILES string of the molecule is CC(C)C(=O)NCCCC(C)(C)CN(C[C@@H](O)[C@H](Cc1ccccc1)N(C(=O)[O-])[C@H]1CO[C@H]2OCC[C@H]21)S(=O)(=O)c1ccc2c(c1)OCO2. The number of carboxylic acid groups (broad SMARTS) is 1. The van der Waals surface area contributed by atoms with Gasteiger partial charge in [-0.05, 0) is 48.8 Å². The highest BCUT2D eigenvalue weighted by Crippen LogP contribution is 2.38. The van der Waals surface area contributed by atoms with Crippen molar-refractivity contribution in [2.75, 3.05) is 39.6 Å². The molecule has 2 saturated heterocycles. The molecule has 2 amide bonds. The highest BCUT2D eigenvalue weighted by Gasteiger charge is 2.47. The Balaban J connectivity index is 1.45. The van der Waals surface area contributed by atoms with E-state index in [4.69, 9.17) is 18.9 Å². The number of benzene rings is 2. The lowest BCUT2D eigenvalue weighted by molar-refractivity contribution is -0.273. The van der Waals surface area contributed by atoms with E-state index in [1.54, 1.807) is 0 Å². The quantitative estimate of drug-likeness (QED) is 0.248. The van der Waals surface area contributed by atoms with Crippen molar-refractivity contribution in [2.45, 2.75) is 82.8 Å². The summed E-state index contributed by atoms with van der Waals surface area (Å²) in [6.07, 6.45) is -1.61. The number of carbonyl (C=O) groups is 2. The summed E-state index contributed by atoms with van der Waals surface area (Å²) in [5, 5.41) is 27.9. The number of ether oxygens (including phenoxy) is 4. The fourth-order valence-corrected chi connectivity index (χ4v) is 8.49. The third-order valence-corrected chi connectivity index (χ3v) is 11.3. The van der Waals surface area contributed by atoms with Crippen LogP contribution in [0.4, 0.5) is 4.79 Å².